The minimum atomic E-state index is 0.133. The molecule has 0 saturated carbocycles. The summed E-state index contributed by atoms with van der Waals surface area (Å²) in [5.41, 5.74) is 7.32. The monoisotopic (exact) mass is 505 g/mol. The van der Waals surface area contributed by atoms with Crippen LogP contribution in [0, 0.1) is 11.3 Å². The van der Waals surface area contributed by atoms with Crippen molar-refractivity contribution in [3.05, 3.63) is 78.1 Å². The van der Waals surface area contributed by atoms with Crippen LogP contribution in [0.25, 0.3) is 28.0 Å². The lowest BCUT2D eigenvalue weighted by molar-refractivity contribution is 0.0761. The van der Waals surface area contributed by atoms with Crippen molar-refractivity contribution in [2.24, 2.45) is 0 Å². The van der Waals surface area contributed by atoms with Gasteiger partial charge in [0.1, 0.15) is 5.65 Å². The third kappa shape index (κ3) is 4.75. The highest BCUT2D eigenvalue weighted by atomic mass is 16.5. The van der Waals surface area contributed by atoms with Crippen molar-refractivity contribution in [2.45, 2.75) is 25.7 Å². The largest absolute Gasteiger partial charge is 0.378 e. The molecule has 7 nitrogen and oxygen atoms in total. The van der Waals surface area contributed by atoms with Gasteiger partial charge in [-0.15, -0.1) is 0 Å². The summed E-state index contributed by atoms with van der Waals surface area (Å²) in [7, 11) is 0. The van der Waals surface area contributed by atoms with Crippen molar-refractivity contribution in [3.63, 3.8) is 0 Å². The zero-order chi connectivity index (χ0) is 25.9. The summed E-state index contributed by atoms with van der Waals surface area (Å²) in [5.74, 6) is 0.133. The van der Waals surface area contributed by atoms with Gasteiger partial charge < -0.3 is 14.5 Å². The molecule has 2 aromatic heterocycles. The second-order valence-electron chi connectivity index (χ2n) is 10.0. The van der Waals surface area contributed by atoms with Crippen LogP contribution in [0.15, 0.2) is 67.0 Å². The Morgan fingerprint density at radius 1 is 0.842 bits per heavy atom. The van der Waals surface area contributed by atoms with Gasteiger partial charge in [0, 0.05) is 37.9 Å². The number of rotatable bonds is 4. The molecule has 38 heavy (non-hydrogen) atoms. The van der Waals surface area contributed by atoms with E-state index < -0.39 is 0 Å². The number of carbonyl (C=O) groups excluding carboxylic acids is 1. The van der Waals surface area contributed by atoms with Gasteiger partial charge in [-0.25, -0.2) is 4.98 Å². The maximum atomic E-state index is 13.7. The van der Waals surface area contributed by atoms with Crippen LogP contribution < -0.4 is 4.90 Å². The summed E-state index contributed by atoms with van der Waals surface area (Å²) in [4.78, 5) is 22.6. The number of ether oxygens (including phenoxy) is 1. The number of imidazole rings is 1. The number of amides is 1. The maximum Gasteiger partial charge on any atom is 0.255 e. The second-order valence-corrected chi connectivity index (χ2v) is 10.0. The van der Waals surface area contributed by atoms with Crippen LogP contribution in [-0.4, -0.2) is 59.6 Å². The molecule has 4 aromatic rings. The smallest absolute Gasteiger partial charge is 0.255 e. The van der Waals surface area contributed by atoms with E-state index in [9.17, 15) is 4.79 Å². The summed E-state index contributed by atoms with van der Waals surface area (Å²) in [5, 5.41) is 9.15. The van der Waals surface area contributed by atoms with Crippen LogP contribution in [0.5, 0.6) is 0 Å². The van der Waals surface area contributed by atoms with Gasteiger partial charge in [0.25, 0.3) is 5.91 Å². The first-order valence-electron chi connectivity index (χ1n) is 13.5. The molecule has 0 N–H and O–H groups in total. The van der Waals surface area contributed by atoms with E-state index in [0.717, 1.165) is 78.3 Å². The maximum absolute atomic E-state index is 13.7. The van der Waals surface area contributed by atoms with Crippen molar-refractivity contribution >= 4 is 17.2 Å². The molecular formula is C31H31N5O2. The normalized spacial score (nSPS) is 16.3. The first-order chi connectivity index (χ1) is 18.7. The Bertz CT molecular complexity index is 1490. The number of fused-ring (bicyclic) bond motifs is 1. The van der Waals surface area contributed by atoms with Crippen LogP contribution in [0.4, 0.5) is 5.69 Å². The van der Waals surface area contributed by atoms with Crippen molar-refractivity contribution in [2.75, 3.05) is 44.3 Å². The highest BCUT2D eigenvalue weighted by molar-refractivity contribution is 6.01. The Balaban J connectivity index is 1.39. The molecule has 7 heteroatoms. The first kappa shape index (κ1) is 24.2. The number of morpholine rings is 1. The molecule has 2 saturated heterocycles. The third-order valence-electron chi connectivity index (χ3n) is 7.62. The average Bonchev–Trinajstić information content (AvgIpc) is 3.21. The van der Waals surface area contributed by atoms with E-state index in [-0.39, 0.29) is 5.91 Å². The second kappa shape index (κ2) is 10.7. The zero-order valence-electron chi connectivity index (χ0n) is 21.5. The molecule has 2 aliphatic rings. The summed E-state index contributed by atoms with van der Waals surface area (Å²) < 4.78 is 7.70. The number of pyridine rings is 1. The number of anilines is 1. The van der Waals surface area contributed by atoms with Crippen LogP contribution in [0.1, 0.15) is 41.6 Å². The molecule has 0 spiro atoms. The van der Waals surface area contributed by atoms with Gasteiger partial charge in [-0.05, 0) is 60.4 Å². The Morgan fingerprint density at radius 3 is 2.29 bits per heavy atom. The molecule has 1 amide bonds. The Labute approximate surface area is 222 Å². The minimum Gasteiger partial charge on any atom is -0.378 e. The number of hydrogen-bond donors (Lipinski definition) is 0. The molecule has 2 fully saturated rings. The highest BCUT2D eigenvalue weighted by Crippen LogP contribution is 2.32. The molecule has 4 heterocycles. The summed E-state index contributed by atoms with van der Waals surface area (Å²) in [6.07, 6.45) is 8.50. The number of likely N-dealkylation sites (tertiary alicyclic amines) is 1. The molecule has 0 unspecified atom stereocenters. The van der Waals surface area contributed by atoms with Crippen molar-refractivity contribution < 1.29 is 9.53 Å². The fourth-order valence-corrected chi connectivity index (χ4v) is 5.48. The van der Waals surface area contributed by atoms with E-state index in [2.05, 4.69) is 44.7 Å². The van der Waals surface area contributed by atoms with E-state index in [4.69, 9.17) is 10.00 Å². The molecule has 0 atom stereocenters. The van der Waals surface area contributed by atoms with Gasteiger partial charge in [0.05, 0.1) is 48.0 Å². The van der Waals surface area contributed by atoms with Gasteiger partial charge in [-0.1, -0.05) is 31.0 Å². The molecule has 192 valence electrons. The number of nitriles is 1. The van der Waals surface area contributed by atoms with E-state index in [1.54, 1.807) is 0 Å². The fourth-order valence-electron chi connectivity index (χ4n) is 5.48. The Kier molecular flexibility index (Phi) is 6.80. The highest BCUT2D eigenvalue weighted by Gasteiger charge is 2.24. The Hall–Kier alpha value is -4.15. The van der Waals surface area contributed by atoms with E-state index in [1.807, 2.05) is 47.5 Å². The summed E-state index contributed by atoms with van der Waals surface area (Å²) in [6.45, 7) is 4.53. The number of hydrogen-bond acceptors (Lipinski definition) is 5. The predicted molar refractivity (Wildman–Crippen MR) is 148 cm³/mol. The number of nitrogens with zero attached hydrogens (tertiary/aromatic N) is 5. The van der Waals surface area contributed by atoms with Crippen molar-refractivity contribution in [1.29, 1.82) is 5.26 Å². The standard InChI is InChI=1S/C31H31N5O2/c32-20-23-5-7-24(8-6-23)29-21-33-30-12-10-26(22-36(29)30)25-9-11-27(28(19-25)34-15-17-38-18-16-34)31(37)35-13-3-1-2-4-14-35/h5-12,19,21-22H,1-4,13-18H2. The first-order valence-corrected chi connectivity index (χ1v) is 13.5. The predicted octanol–water partition coefficient (Wildman–Crippen LogP) is 5.39. The molecule has 2 aromatic carbocycles. The average molecular weight is 506 g/mol. The molecule has 0 aliphatic carbocycles. The molecule has 0 radical (unpaired) electrons. The lowest BCUT2D eigenvalue weighted by atomic mass is 10.0. The van der Waals surface area contributed by atoms with Crippen LogP contribution >= 0.6 is 0 Å². The van der Waals surface area contributed by atoms with E-state index in [1.165, 1.54) is 12.8 Å². The minimum absolute atomic E-state index is 0.133. The fraction of sp³-hybridized carbons (Fsp3) is 0.323. The molecular weight excluding hydrogens is 474 g/mol. The van der Waals surface area contributed by atoms with Crippen molar-refractivity contribution in [1.82, 2.24) is 14.3 Å². The summed E-state index contributed by atoms with van der Waals surface area (Å²) >= 11 is 0. The topological polar surface area (TPSA) is 73.9 Å². The zero-order valence-corrected chi connectivity index (χ0v) is 21.5. The van der Waals surface area contributed by atoms with Gasteiger partial charge in [-0.2, -0.15) is 5.26 Å². The van der Waals surface area contributed by atoms with E-state index in [0.29, 0.717) is 18.8 Å². The lowest BCUT2D eigenvalue weighted by Crippen LogP contribution is -2.39. The van der Waals surface area contributed by atoms with Crippen molar-refractivity contribution in [3.8, 4) is 28.5 Å². The molecule has 6 rings (SSSR count). The quantitative estimate of drug-likeness (QED) is 0.372. The third-order valence-corrected chi connectivity index (χ3v) is 7.62. The van der Waals surface area contributed by atoms with Crippen LogP contribution in [-0.2, 0) is 4.74 Å². The number of benzene rings is 2. The van der Waals surface area contributed by atoms with Gasteiger partial charge in [0.2, 0.25) is 0 Å². The van der Waals surface area contributed by atoms with Crippen LogP contribution in [0.3, 0.4) is 0 Å². The lowest BCUT2D eigenvalue weighted by Gasteiger charge is -2.32. The SMILES string of the molecule is N#Cc1ccc(-c2cnc3ccc(-c4ccc(C(=O)N5CCCCCC5)c(N5CCOCC5)c4)cn23)cc1. The molecule has 2 aliphatic heterocycles. The van der Waals surface area contributed by atoms with Gasteiger partial charge in [0.15, 0.2) is 0 Å². The Morgan fingerprint density at radius 2 is 1.55 bits per heavy atom. The van der Waals surface area contributed by atoms with Gasteiger partial charge in [-0.3, -0.25) is 9.20 Å². The summed E-state index contributed by atoms with van der Waals surface area (Å²) in [6, 6.07) is 20.1. The number of carbonyl (C=O) groups is 1. The number of aromatic nitrogens is 2. The molecule has 0 bridgehead atoms. The van der Waals surface area contributed by atoms with Crippen LogP contribution in [0.2, 0.25) is 0 Å². The van der Waals surface area contributed by atoms with E-state index >= 15 is 0 Å². The van der Waals surface area contributed by atoms with Gasteiger partial charge >= 0.3 is 0 Å².